The Kier molecular flexibility index (Phi) is 7.57. The summed E-state index contributed by atoms with van der Waals surface area (Å²) in [7, 11) is -0.639. The Labute approximate surface area is 153 Å². The molecule has 1 saturated heterocycles. The van der Waals surface area contributed by atoms with Crippen molar-refractivity contribution in [3.05, 3.63) is 60.7 Å². The summed E-state index contributed by atoms with van der Waals surface area (Å²) in [5.41, 5.74) is 0. The normalized spacial score (nSPS) is 17.0. The van der Waals surface area contributed by atoms with Gasteiger partial charge in [-0.2, -0.15) is 0 Å². The largest absolute Gasteiger partial charge is 0.328 e. The molecule has 3 nitrogen and oxygen atoms in total. The van der Waals surface area contributed by atoms with Crippen LogP contribution in [0.25, 0.3) is 0 Å². The summed E-state index contributed by atoms with van der Waals surface area (Å²) < 4.78 is 16.7. The number of benzene rings is 2. The van der Waals surface area contributed by atoms with E-state index in [2.05, 4.69) is 65.6 Å². The minimum atomic E-state index is -0.427. The van der Waals surface area contributed by atoms with Crippen molar-refractivity contribution >= 4 is 27.2 Å². The second-order valence-corrected chi connectivity index (χ2v) is 9.04. The maximum atomic E-state index is 11.1. The van der Waals surface area contributed by atoms with Crippen LogP contribution in [0.2, 0.25) is 0 Å². The lowest BCUT2D eigenvalue weighted by atomic mass is 10.1. The fourth-order valence-corrected chi connectivity index (χ4v) is 6.12. The minimum Gasteiger partial charge on any atom is -0.278 e. The summed E-state index contributed by atoms with van der Waals surface area (Å²) in [6.45, 7) is 2.10. The van der Waals surface area contributed by atoms with Crippen LogP contribution in [0.5, 0.6) is 0 Å². The van der Waals surface area contributed by atoms with Crippen molar-refractivity contribution in [1.82, 2.24) is 4.90 Å². The van der Waals surface area contributed by atoms with E-state index in [4.69, 9.17) is 4.52 Å². The molecule has 5 heteroatoms. The average Bonchev–Trinajstić information content (AvgIpc) is 2.70. The van der Waals surface area contributed by atoms with E-state index in [-0.39, 0.29) is 14.9 Å². The van der Waals surface area contributed by atoms with E-state index >= 15 is 0 Å². The molecule has 1 unspecified atom stereocenters. The van der Waals surface area contributed by atoms with Crippen molar-refractivity contribution in [1.29, 1.82) is 0 Å². The lowest BCUT2D eigenvalue weighted by molar-refractivity contribution is 0.0197. The van der Waals surface area contributed by atoms with Crippen molar-refractivity contribution in [2.75, 3.05) is 19.3 Å². The monoisotopic (exact) mass is 373 g/mol. The van der Waals surface area contributed by atoms with Crippen molar-refractivity contribution in [2.45, 2.75) is 31.9 Å². The van der Waals surface area contributed by atoms with Crippen molar-refractivity contribution in [3.8, 4) is 0 Å². The van der Waals surface area contributed by atoms with Gasteiger partial charge in [0.05, 0.1) is 0 Å². The van der Waals surface area contributed by atoms with E-state index in [1.54, 1.807) is 0 Å². The fourth-order valence-electron chi connectivity index (χ4n) is 3.42. The second-order valence-electron chi connectivity index (χ2n) is 6.34. The molecule has 0 aliphatic carbocycles. The predicted molar refractivity (Wildman–Crippen MR) is 106 cm³/mol. The van der Waals surface area contributed by atoms with Gasteiger partial charge in [-0.15, -0.1) is 0 Å². The van der Waals surface area contributed by atoms with Crippen LogP contribution in [0.4, 0.5) is 0 Å². The van der Waals surface area contributed by atoms with Crippen LogP contribution < -0.4 is 10.6 Å². The lowest BCUT2D eigenvalue weighted by Gasteiger charge is -2.33. The number of hydrogen-bond donors (Lipinski definition) is 0. The molecule has 1 fully saturated rings. The van der Waals surface area contributed by atoms with E-state index in [0.29, 0.717) is 0 Å². The molecule has 3 rings (SSSR count). The van der Waals surface area contributed by atoms with E-state index in [1.807, 2.05) is 0 Å². The van der Waals surface area contributed by atoms with E-state index in [0.717, 1.165) is 25.7 Å². The van der Waals surface area contributed by atoms with Crippen LogP contribution in [0, 0.1) is 0 Å². The molecule has 0 saturated carbocycles. The lowest BCUT2D eigenvalue weighted by Crippen LogP contribution is -2.40. The van der Waals surface area contributed by atoms with Gasteiger partial charge in [0.15, 0.2) is 0 Å². The standard InChI is InChI=1S/C20H25NO2P2/c22-24-23-20(21-15-8-3-9-16-21)14-17-25(18-10-4-1-5-11-18)19-12-6-2-7-13-19/h1-2,4-7,10-13,20H,3,8-9,14-17H2. The first-order chi connectivity index (χ1) is 12.4. The van der Waals surface area contributed by atoms with Gasteiger partial charge in [-0.3, -0.25) is 9.42 Å². The summed E-state index contributed by atoms with van der Waals surface area (Å²) in [5.74, 6) is 0. The van der Waals surface area contributed by atoms with E-state index < -0.39 is 7.92 Å². The Bertz CT molecular complexity index is 593. The molecule has 2 aromatic carbocycles. The molecule has 1 atom stereocenters. The molecule has 2 aromatic rings. The summed E-state index contributed by atoms with van der Waals surface area (Å²) >= 11 is 0. The quantitative estimate of drug-likeness (QED) is 0.636. The summed E-state index contributed by atoms with van der Waals surface area (Å²) in [4.78, 5) is 2.36. The molecule has 0 spiro atoms. The molecular weight excluding hydrogens is 348 g/mol. The molecule has 0 bridgehead atoms. The Morgan fingerprint density at radius 2 is 1.48 bits per heavy atom. The molecule has 0 aromatic heterocycles. The summed E-state index contributed by atoms with van der Waals surface area (Å²) in [5, 5.41) is 2.78. The van der Waals surface area contributed by atoms with Gasteiger partial charge in [0.1, 0.15) is 6.23 Å². The zero-order valence-corrected chi connectivity index (χ0v) is 16.2. The van der Waals surface area contributed by atoms with Crippen LogP contribution >= 0.6 is 16.6 Å². The number of rotatable bonds is 8. The third-order valence-electron chi connectivity index (χ3n) is 4.70. The van der Waals surface area contributed by atoms with Crippen molar-refractivity contribution in [2.24, 2.45) is 0 Å². The highest BCUT2D eigenvalue weighted by molar-refractivity contribution is 7.73. The number of nitrogens with zero attached hydrogens (tertiary/aromatic N) is 1. The van der Waals surface area contributed by atoms with Crippen molar-refractivity contribution < 1.29 is 9.09 Å². The Balaban J connectivity index is 1.74. The van der Waals surface area contributed by atoms with E-state index in [1.165, 1.54) is 29.9 Å². The molecule has 1 heterocycles. The molecule has 1 aliphatic heterocycles. The number of piperidine rings is 1. The third-order valence-corrected chi connectivity index (χ3v) is 7.58. The molecule has 1 aliphatic rings. The van der Waals surface area contributed by atoms with Gasteiger partial charge in [0, 0.05) is 13.1 Å². The van der Waals surface area contributed by atoms with Crippen LogP contribution in [0.15, 0.2) is 60.7 Å². The van der Waals surface area contributed by atoms with Gasteiger partial charge < -0.3 is 0 Å². The van der Waals surface area contributed by atoms with Gasteiger partial charge in [0.2, 0.25) is 0 Å². The first-order valence-corrected chi connectivity index (χ1v) is 11.2. The Hall–Kier alpha value is -1.11. The number of hydrogen-bond acceptors (Lipinski definition) is 3. The van der Waals surface area contributed by atoms with Crippen LogP contribution in [-0.4, -0.2) is 30.4 Å². The first-order valence-electron chi connectivity index (χ1n) is 8.98. The molecule has 0 radical (unpaired) electrons. The van der Waals surface area contributed by atoms with Gasteiger partial charge in [0.25, 0.3) is 0 Å². The predicted octanol–water partition coefficient (Wildman–Crippen LogP) is 4.54. The highest BCUT2D eigenvalue weighted by Crippen LogP contribution is 2.35. The molecule has 0 N–H and O–H groups in total. The summed E-state index contributed by atoms with van der Waals surface area (Å²) in [6, 6.07) is 21.5. The van der Waals surface area contributed by atoms with Crippen LogP contribution in [-0.2, 0) is 9.09 Å². The smallest absolute Gasteiger partial charge is 0.278 e. The zero-order valence-electron chi connectivity index (χ0n) is 14.5. The Morgan fingerprint density at radius 1 is 0.920 bits per heavy atom. The minimum absolute atomic E-state index is 0.0445. The fraction of sp³-hybridized carbons (Fsp3) is 0.400. The van der Waals surface area contributed by atoms with Gasteiger partial charge >= 0.3 is 8.69 Å². The molecule has 25 heavy (non-hydrogen) atoms. The number of likely N-dealkylation sites (tertiary alicyclic amines) is 1. The van der Waals surface area contributed by atoms with Gasteiger partial charge in [-0.05, 0) is 44.0 Å². The van der Waals surface area contributed by atoms with Crippen LogP contribution in [0.3, 0.4) is 0 Å². The van der Waals surface area contributed by atoms with Gasteiger partial charge in [-0.1, -0.05) is 67.1 Å². The Morgan fingerprint density at radius 3 is 2.00 bits per heavy atom. The third kappa shape index (κ3) is 5.43. The highest BCUT2D eigenvalue weighted by Gasteiger charge is 2.24. The van der Waals surface area contributed by atoms with Crippen LogP contribution in [0.1, 0.15) is 25.7 Å². The van der Waals surface area contributed by atoms with Crippen molar-refractivity contribution in [3.63, 3.8) is 0 Å². The highest BCUT2D eigenvalue weighted by atomic mass is 31.1. The topological polar surface area (TPSA) is 29.5 Å². The summed E-state index contributed by atoms with van der Waals surface area (Å²) in [6.07, 6.45) is 5.62. The molecular formula is C20H25NO2P2. The average molecular weight is 373 g/mol. The molecule has 132 valence electrons. The van der Waals surface area contributed by atoms with E-state index in [9.17, 15) is 4.57 Å². The molecule has 0 amide bonds. The zero-order chi connectivity index (χ0) is 17.3. The first kappa shape index (κ1) is 18.7. The second kappa shape index (κ2) is 10.1. The maximum absolute atomic E-state index is 11.1. The SMILES string of the molecule is O=POC(CCP(c1ccccc1)c1ccccc1)N1CCCCC1. The maximum Gasteiger partial charge on any atom is 0.328 e. The van der Waals surface area contributed by atoms with Gasteiger partial charge in [-0.25, -0.2) is 4.57 Å².